The van der Waals surface area contributed by atoms with Gasteiger partial charge in [0.15, 0.2) is 11.4 Å². The molecule has 0 saturated heterocycles. The van der Waals surface area contributed by atoms with E-state index in [0.717, 1.165) is 24.8 Å². The Hall–Kier alpha value is -3.09. The highest BCUT2D eigenvalue weighted by Gasteiger charge is 2.39. The summed E-state index contributed by atoms with van der Waals surface area (Å²) in [5.41, 5.74) is 0.315. The van der Waals surface area contributed by atoms with Gasteiger partial charge in [-0.1, -0.05) is 30.3 Å². The predicted molar refractivity (Wildman–Crippen MR) is 102 cm³/mol. The molecule has 0 unspecified atom stereocenters. The number of fused-ring (bicyclic) bond motifs is 3. The van der Waals surface area contributed by atoms with Crippen molar-refractivity contribution < 1.29 is 19.1 Å². The second kappa shape index (κ2) is 7.50. The topological polar surface area (TPSA) is 86.6 Å². The van der Waals surface area contributed by atoms with Crippen LogP contribution in [0.4, 0.5) is 0 Å². The van der Waals surface area contributed by atoms with Crippen LogP contribution >= 0.6 is 0 Å². The number of aromatic nitrogens is 1. The first kappa shape index (κ1) is 18.3. The lowest BCUT2D eigenvalue weighted by atomic mass is 10.0. The molecule has 1 N–H and O–H groups in total. The van der Waals surface area contributed by atoms with Gasteiger partial charge in [0.1, 0.15) is 12.2 Å². The molecule has 1 aromatic heterocycles. The molecule has 1 amide bonds. The van der Waals surface area contributed by atoms with Gasteiger partial charge in [0, 0.05) is 12.2 Å². The minimum absolute atomic E-state index is 0.000444. The maximum atomic E-state index is 13.0. The Kier molecular flexibility index (Phi) is 4.90. The van der Waals surface area contributed by atoms with E-state index in [4.69, 9.17) is 9.47 Å². The smallest absolute Gasteiger partial charge is 0.343 e. The fourth-order valence-corrected chi connectivity index (χ4v) is 3.99. The zero-order valence-corrected chi connectivity index (χ0v) is 15.6. The molecule has 146 valence electrons. The van der Waals surface area contributed by atoms with Crippen molar-refractivity contribution in [3.8, 4) is 5.75 Å². The molecule has 1 saturated carbocycles. The standard InChI is InChI=1S/C21H22N2O5/c1-2-27-21(26)14-11-23-16-10-6-9-15(16)22-20(25)17(23)19(18(14)24)28-12-13-7-4-3-5-8-13/h3-5,7-8,11,15-16H,2,6,9-10,12H2,1H3,(H,22,25)/t15-,16+/m0/s1. The first-order chi connectivity index (χ1) is 13.6. The lowest BCUT2D eigenvalue weighted by Crippen LogP contribution is -2.47. The van der Waals surface area contributed by atoms with Crippen molar-refractivity contribution in [1.82, 2.24) is 9.88 Å². The molecular weight excluding hydrogens is 360 g/mol. The number of nitrogens with one attached hydrogen (secondary N) is 1. The number of amides is 1. The van der Waals surface area contributed by atoms with E-state index in [2.05, 4.69) is 5.32 Å². The monoisotopic (exact) mass is 382 g/mol. The number of carbonyl (C=O) groups is 2. The second-order valence-corrected chi connectivity index (χ2v) is 7.03. The van der Waals surface area contributed by atoms with E-state index in [9.17, 15) is 14.4 Å². The molecule has 7 heteroatoms. The summed E-state index contributed by atoms with van der Waals surface area (Å²) in [5.74, 6) is -1.15. The lowest BCUT2D eigenvalue weighted by molar-refractivity contribution is 0.0521. The SMILES string of the molecule is CCOC(=O)c1cn2c(c(OCc3ccccc3)c1=O)C(=O)N[C@H]1CCC[C@H]12. The summed E-state index contributed by atoms with van der Waals surface area (Å²) in [4.78, 5) is 38.1. The molecule has 0 spiro atoms. The largest absolute Gasteiger partial charge is 0.483 e. The van der Waals surface area contributed by atoms with Crippen molar-refractivity contribution in [2.75, 3.05) is 6.61 Å². The highest BCUT2D eigenvalue weighted by molar-refractivity contribution is 5.98. The highest BCUT2D eigenvalue weighted by atomic mass is 16.5. The molecule has 1 aliphatic carbocycles. The van der Waals surface area contributed by atoms with Crippen LogP contribution in [0, 0.1) is 0 Å². The Bertz CT molecular complexity index is 967. The van der Waals surface area contributed by atoms with Crippen molar-refractivity contribution in [2.24, 2.45) is 0 Å². The number of carbonyl (C=O) groups excluding carboxylic acids is 2. The Labute approximate surface area is 162 Å². The molecule has 2 heterocycles. The van der Waals surface area contributed by atoms with Gasteiger partial charge in [0.25, 0.3) is 5.91 Å². The fraction of sp³-hybridized carbons (Fsp3) is 0.381. The molecule has 1 aliphatic heterocycles. The van der Waals surface area contributed by atoms with Crippen LogP contribution in [0.2, 0.25) is 0 Å². The normalized spacial score (nSPS) is 20.1. The second-order valence-electron chi connectivity index (χ2n) is 7.03. The van der Waals surface area contributed by atoms with Gasteiger partial charge in [-0.05, 0) is 31.7 Å². The summed E-state index contributed by atoms with van der Waals surface area (Å²) >= 11 is 0. The fourth-order valence-electron chi connectivity index (χ4n) is 3.99. The van der Waals surface area contributed by atoms with Gasteiger partial charge in [0.2, 0.25) is 5.43 Å². The van der Waals surface area contributed by atoms with Crippen LogP contribution in [-0.4, -0.2) is 29.1 Å². The van der Waals surface area contributed by atoms with Crippen LogP contribution in [0.25, 0.3) is 0 Å². The average molecular weight is 382 g/mol. The van der Waals surface area contributed by atoms with Crippen LogP contribution in [0.3, 0.4) is 0 Å². The number of hydrogen-bond acceptors (Lipinski definition) is 5. The van der Waals surface area contributed by atoms with Crippen molar-refractivity contribution in [2.45, 2.75) is 44.9 Å². The van der Waals surface area contributed by atoms with Gasteiger partial charge >= 0.3 is 5.97 Å². The maximum Gasteiger partial charge on any atom is 0.343 e. The Morgan fingerprint density at radius 1 is 1.21 bits per heavy atom. The summed E-state index contributed by atoms with van der Waals surface area (Å²) in [6.07, 6.45) is 4.17. The van der Waals surface area contributed by atoms with Gasteiger partial charge in [-0.3, -0.25) is 9.59 Å². The number of pyridine rings is 1. The minimum Gasteiger partial charge on any atom is -0.483 e. The van der Waals surface area contributed by atoms with E-state index in [1.165, 1.54) is 6.20 Å². The first-order valence-corrected chi connectivity index (χ1v) is 9.54. The van der Waals surface area contributed by atoms with Gasteiger partial charge in [0.05, 0.1) is 12.6 Å². The van der Waals surface area contributed by atoms with E-state index >= 15 is 0 Å². The molecule has 2 aromatic rings. The number of ether oxygens (including phenoxy) is 2. The third kappa shape index (κ3) is 3.17. The molecule has 0 bridgehead atoms. The van der Waals surface area contributed by atoms with Crippen molar-refractivity contribution in [1.29, 1.82) is 0 Å². The van der Waals surface area contributed by atoms with E-state index in [0.29, 0.717) is 0 Å². The van der Waals surface area contributed by atoms with Gasteiger partial charge in [-0.15, -0.1) is 0 Å². The summed E-state index contributed by atoms with van der Waals surface area (Å²) in [6.45, 7) is 1.96. The van der Waals surface area contributed by atoms with Crippen LogP contribution < -0.4 is 15.5 Å². The number of esters is 1. The van der Waals surface area contributed by atoms with E-state index < -0.39 is 11.4 Å². The Morgan fingerprint density at radius 2 is 2.00 bits per heavy atom. The maximum absolute atomic E-state index is 13.0. The number of hydrogen-bond donors (Lipinski definition) is 1. The van der Waals surface area contributed by atoms with Crippen LogP contribution in [0.5, 0.6) is 5.75 Å². The van der Waals surface area contributed by atoms with E-state index in [1.54, 1.807) is 11.5 Å². The average Bonchev–Trinajstić information content (AvgIpc) is 3.16. The first-order valence-electron chi connectivity index (χ1n) is 9.54. The minimum atomic E-state index is -0.701. The lowest BCUT2D eigenvalue weighted by Gasteiger charge is -2.32. The van der Waals surface area contributed by atoms with Gasteiger partial charge in [-0.2, -0.15) is 0 Å². The molecule has 28 heavy (non-hydrogen) atoms. The van der Waals surface area contributed by atoms with E-state index in [1.807, 2.05) is 30.3 Å². The number of nitrogens with zero attached hydrogens (tertiary/aromatic N) is 1. The zero-order chi connectivity index (χ0) is 19.7. The van der Waals surface area contributed by atoms with Crippen LogP contribution in [0.1, 0.15) is 58.6 Å². The molecule has 0 radical (unpaired) electrons. The van der Waals surface area contributed by atoms with Crippen molar-refractivity contribution in [3.05, 3.63) is 63.6 Å². The quantitative estimate of drug-likeness (QED) is 0.803. The molecule has 4 rings (SSSR count). The summed E-state index contributed by atoms with van der Waals surface area (Å²) in [7, 11) is 0. The summed E-state index contributed by atoms with van der Waals surface area (Å²) in [5, 5.41) is 2.98. The summed E-state index contributed by atoms with van der Waals surface area (Å²) < 4.78 is 12.6. The highest BCUT2D eigenvalue weighted by Crippen LogP contribution is 2.36. The third-order valence-electron chi connectivity index (χ3n) is 5.28. The number of rotatable bonds is 5. The molecule has 1 aromatic carbocycles. The molecule has 2 aliphatic rings. The Balaban J connectivity index is 1.81. The van der Waals surface area contributed by atoms with Crippen molar-refractivity contribution in [3.63, 3.8) is 0 Å². The van der Waals surface area contributed by atoms with Crippen molar-refractivity contribution >= 4 is 11.9 Å². The van der Waals surface area contributed by atoms with Crippen LogP contribution in [-0.2, 0) is 11.3 Å². The summed E-state index contributed by atoms with van der Waals surface area (Å²) in [6, 6.07) is 9.35. The molecule has 2 atom stereocenters. The van der Waals surface area contributed by atoms with Gasteiger partial charge < -0.3 is 19.4 Å². The molecular formula is C21H22N2O5. The van der Waals surface area contributed by atoms with Crippen LogP contribution in [0.15, 0.2) is 41.3 Å². The zero-order valence-electron chi connectivity index (χ0n) is 15.6. The number of benzene rings is 1. The Morgan fingerprint density at radius 3 is 2.75 bits per heavy atom. The molecule has 1 fully saturated rings. The third-order valence-corrected chi connectivity index (χ3v) is 5.28. The van der Waals surface area contributed by atoms with E-state index in [-0.39, 0.29) is 48.2 Å². The predicted octanol–water partition coefficient (Wildman–Crippen LogP) is 2.44. The van der Waals surface area contributed by atoms with Gasteiger partial charge in [-0.25, -0.2) is 4.79 Å². The molecule has 7 nitrogen and oxygen atoms in total.